The number of hydrogen-bond acceptors (Lipinski definition) is 1. The van der Waals surface area contributed by atoms with Crippen molar-refractivity contribution in [1.82, 2.24) is 0 Å². The van der Waals surface area contributed by atoms with Crippen molar-refractivity contribution in [2.75, 3.05) is 13.2 Å². The molecule has 0 aliphatic heterocycles. The molecule has 51 heavy (non-hydrogen) atoms. The summed E-state index contributed by atoms with van der Waals surface area (Å²) in [5.41, 5.74) is 0. The van der Waals surface area contributed by atoms with Crippen molar-refractivity contribution in [2.45, 2.75) is 246 Å². The van der Waals surface area contributed by atoms with Gasteiger partial charge in [0.05, 0.1) is 0 Å². The number of rotatable bonds is 26. The molecule has 0 aromatic carbocycles. The summed E-state index contributed by atoms with van der Waals surface area (Å²) in [6.07, 6.45) is 50.5. The van der Waals surface area contributed by atoms with E-state index in [9.17, 15) is 0 Å². The van der Waals surface area contributed by atoms with Crippen molar-refractivity contribution in [3.8, 4) is 0 Å². The van der Waals surface area contributed by atoms with Gasteiger partial charge in [-0.3, -0.25) is 0 Å². The highest BCUT2D eigenvalue weighted by Crippen LogP contribution is 2.47. The topological polar surface area (TPSA) is 9.23 Å². The summed E-state index contributed by atoms with van der Waals surface area (Å²) < 4.78 is 6.80. The highest BCUT2D eigenvalue weighted by Gasteiger charge is 2.36. The summed E-state index contributed by atoms with van der Waals surface area (Å²) in [6.45, 7) is 11.6. The zero-order valence-corrected chi connectivity index (χ0v) is 35.6. The Bertz CT molecular complexity index is 662. The molecule has 4 saturated carbocycles. The van der Waals surface area contributed by atoms with Crippen molar-refractivity contribution in [3.05, 3.63) is 0 Å². The molecule has 0 radical (unpaired) electrons. The van der Waals surface area contributed by atoms with Crippen LogP contribution in [0.3, 0.4) is 0 Å². The molecule has 0 N–H and O–H groups in total. The van der Waals surface area contributed by atoms with Gasteiger partial charge in [0.15, 0.2) is 0 Å². The Labute approximate surface area is 322 Å². The van der Waals surface area contributed by atoms with Gasteiger partial charge in [-0.15, -0.1) is 0 Å². The lowest BCUT2D eigenvalue weighted by Crippen LogP contribution is -2.32. The van der Waals surface area contributed by atoms with Gasteiger partial charge in [-0.2, -0.15) is 0 Å². The van der Waals surface area contributed by atoms with Crippen LogP contribution in [-0.2, 0) is 4.74 Å². The van der Waals surface area contributed by atoms with Crippen molar-refractivity contribution < 1.29 is 4.74 Å². The average Bonchev–Trinajstić information content (AvgIpc) is 3.17. The predicted octanol–water partition coefficient (Wildman–Crippen LogP) is 16.6. The van der Waals surface area contributed by atoms with Crippen molar-refractivity contribution in [1.29, 1.82) is 0 Å². The third-order valence-electron chi connectivity index (χ3n) is 16.0. The Morgan fingerprint density at radius 2 is 0.569 bits per heavy atom. The molecule has 4 aliphatic carbocycles. The monoisotopic (exact) mass is 711 g/mol. The van der Waals surface area contributed by atoms with Gasteiger partial charge in [0.25, 0.3) is 0 Å². The molecule has 0 aromatic heterocycles. The molecule has 0 aromatic rings. The molecule has 0 spiro atoms. The van der Waals surface area contributed by atoms with Crippen LogP contribution in [0.1, 0.15) is 246 Å². The van der Waals surface area contributed by atoms with Gasteiger partial charge >= 0.3 is 0 Å². The summed E-state index contributed by atoms with van der Waals surface area (Å²) in [5.74, 6) is 10.00. The standard InChI is InChI=1S/C50H94O/c1-5-9-13-17-41-21-29-45(30-22-41)49(46-31-23-42(24-32-46)18-14-10-6-2)37-39-51-40-38-50(47-33-25-43(26-34-47)19-15-11-7-3)48-35-27-44(28-36-48)20-16-12-8-4/h41-50H,5-40H2,1-4H3/t41-,42-,43-,44-,45-,46-,47-,48-. The van der Waals surface area contributed by atoms with E-state index in [2.05, 4.69) is 27.7 Å². The van der Waals surface area contributed by atoms with Crippen LogP contribution in [0.15, 0.2) is 0 Å². The first-order chi connectivity index (χ1) is 25.1. The summed E-state index contributed by atoms with van der Waals surface area (Å²) in [5, 5.41) is 0. The Morgan fingerprint density at radius 3 is 0.784 bits per heavy atom. The zero-order chi connectivity index (χ0) is 35.9. The van der Waals surface area contributed by atoms with E-state index in [1.165, 1.54) is 218 Å². The number of ether oxygens (including phenoxy) is 1. The maximum absolute atomic E-state index is 6.80. The molecule has 1 heteroatoms. The molecular formula is C50H94O. The first-order valence-electron chi connectivity index (χ1n) is 24.7. The molecular weight excluding hydrogens is 617 g/mol. The molecule has 4 fully saturated rings. The summed E-state index contributed by atoms with van der Waals surface area (Å²) in [4.78, 5) is 0. The summed E-state index contributed by atoms with van der Waals surface area (Å²) in [7, 11) is 0. The van der Waals surface area contributed by atoms with Crippen LogP contribution in [0.2, 0.25) is 0 Å². The molecule has 0 amide bonds. The van der Waals surface area contributed by atoms with Crippen LogP contribution < -0.4 is 0 Å². The molecule has 1 nitrogen and oxygen atoms in total. The molecule has 300 valence electrons. The molecule has 4 aliphatic rings. The molecule has 0 saturated heterocycles. The van der Waals surface area contributed by atoms with E-state index >= 15 is 0 Å². The minimum atomic E-state index is 0.944. The molecule has 0 heterocycles. The minimum absolute atomic E-state index is 0.944. The second-order valence-corrected chi connectivity index (χ2v) is 19.6. The average molecular weight is 711 g/mol. The smallest absolute Gasteiger partial charge is 0.0468 e. The van der Waals surface area contributed by atoms with Gasteiger partial charge < -0.3 is 4.74 Å². The zero-order valence-electron chi connectivity index (χ0n) is 35.6. The van der Waals surface area contributed by atoms with E-state index < -0.39 is 0 Å². The fourth-order valence-electron chi connectivity index (χ4n) is 12.6. The Kier molecular flexibility index (Phi) is 22.9. The predicted molar refractivity (Wildman–Crippen MR) is 225 cm³/mol. The maximum atomic E-state index is 6.80. The van der Waals surface area contributed by atoms with E-state index in [1.807, 2.05) is 0 Å². The van der Waals surface area contributed by atoms with Crippen LogP contribution in [0.5, 0.6) is 0 Å². The first kappa shape index (κ1) is 43.7. The molecule has 0 atom stereocenters. The third-order valence-corrected chi connectivity index (χ3v) is 16.0. The normalized spacial score (nSPS) is 30.7. The van der Waals surface area contributed by atoms with Crippen molar-refractivity contribution >= 4 is 0 Å². The molecule has 4 rings (SSSR count). The second kappa shape index (κ2) is 26.7. The largest absolute Gasteiger partial charge is 0.381 e. The highest BCUT2D eigenvalue weighted by molar-refractivity contribution is 4.87. The summed E-state index contributed by atoms with van der Waals surface area (Å²) in [6, 6.07) is 0. The van der Waals surface area contributed by atoms with Crippen molar-refractivity contribution in [2.24, 2.45) is 59.2 Å². The Hall–Kier alpha value is -0.0400. The fourth-order valence-corrected chi connectivity index (χ4v) is 12.6. The Morgan fingerprint density at radius 1 is 0.333 bits per heavy atom. The molecule has 0 bridgehead atoms. The highest BCUT2D eigenvalue weighted by atomic mass is 16.5. The van der Waals surface area contributed by atoms with Crippen LogP contribution in [0.25, 0.3) is 0 Å². The number of unbranched alkanes of at least 4 members (excludes halogenated alkanes) is 8. The van der Waals surface area contributed by atoms with Crippen molar-refractivity contribution in [3.63, 3.8) is 0 Å². The van der Waals surface area contributed by atoms with E-state index in [-0.39, 0.29) is 0 Å². The van der Waals surface area contributed by atoms with E-state index in [4.69, 9.17) is 4.74 Å². The third kappa shape index (κ3) is 16.3. The molecule has 0 unspecified atom stereocenters. The minimum Gasteiger partial charge on any atom is -0.381 e. The Balaban J connectivity index is 1.27. The van der Waals surface area contributed by atoms with E-state index in [0.29, 0.717) is 0 Å². The van der Waals surface area contributed by atoms with Gasteiger partial charge in [0, 0.05) is 13.2 Å². The SMILES string of the molecule is CCCCC[C@H]1CC[C@H](C(CCOCCC([C@H]2CC[C@H](CCCCC)CC2)[C@H]2CC[C@H](CCCCC)CC2)[C@H]2CC[C@H](CCCCC)CC2)CC1. The van der Waals surface area contributed by atoms with E-state index in [1.54, 1.807) is 0 Å². The van der Waals surface area contributed by atoms with Crippen LogP contribution >= 0.6 is 0 Å². The lowest BCUT2D eigenvalue weighted by molar-refractivity contribution is 0.0367. The van der Waals surface area contributed by atoms with Gasteiger partial charge in [0.1, 0.15) is 0 Å². The summed E-state index contributed by atoms with van der Waals surface area (Å²) >= 11 is 0. The first-order valence-corrected chi connectivity index (χ1v) is 24.7. The van der Waals surface area contributed by atoms with Crippen LogP contribution in [0, 0.1) is 59.2 Å². The van der Waals surface area contributed by atoms with Gasteiger partial charge in [-0.1, -0.05) is 182 Å². The van der Waals surface area contributed by atoms with Gasteiger partial charge in [-0.05, 0) is 123 Å². The quantitative estimate of drug-likeness (QED) is 0.0812. The lowest BCUT2D eigenvalue weighted by atomic mass is 9.65. The van der Waals surface area contributed by atoms with Gasteiger partial charge in [-0.25, -0.2) is 0 Å². The lowest BCUT2D eigenvalue weighted by Gasteiger charge is -2.41. The van der Waals surface area contributed by atoms with Gasteiger partial charge in [0.2, 0.25) is 0 Å². The van der Waals surface area contributed by atoms with Crippen LogP contribution in [0.4, 0.5) is 0 Å². The fraction of sp³-hybridized carbons (Fsp3) is 1.00. The van der Waals surface area contributed by atoms with Crippen LogP contribution in [-0.4, -0.2) is 13.2 Å². The second-order valence-electron chi connectivity index (χ2n) is 19.6. The number of hydrogen-bond donors (Lipinski definition) is 0. The van der Waals surface area contributed by atoms with E-state index in [0.717, 1.165) is 72.4 Å². The maximum Gasteiger partial charge on any atom is 0.0468 e.